The lowest BCUT2D eigenvalue weighted by molar-refractivity contribution is 0.0247. The number of nitrogen functional groups attached to an aromatic ring is 1. The maximum atomic E-state index is 5.81. The van der Waals surface area contributed by atoms with Crippen molar-refractivity contribution >= 4 is 23.1 Å². The van der Waals surface area contributed by atoms with Crippen molar-refractivity contribution in [2.45, 2.75) is 25.4 Å². The van der Waals surface area contributed by atoms with Crippen molar-refractivity contribution in [3.05, 3.63) is 17.3 Å². The molecule has 0 radical (unpaired) electrons. The number of nitrogens with zero attached hydrogens (tertiary/aromatic N) is 1. The Hall–Kier alpha value is -1.00. The van der Waals surface area contributed by atoms with E-state index in [4.69, 9.17) is 22.1 Å². The van der Waals surface area contributed by atoms with E-state index in [9.17, 15) is 0 Å². The van der Waals surface area contributed by atoms with E-state index in [1.807, 2.05) is 0 Å². The van der Waals surface area contributed by atoms with Crippen LogP contribution in [0, 0.1) is 0 Å². The van der Waals surface area contributed by atoms with Gasteiger partial charge in [-0.1, -0.05) is 11.6 Å². The second-order valence-electron chi connectivity index (χ2n) is 3.98. The summed E-state index contributed by atoms with van der Waals surface area (Å²) in [5, 5.41) is 3.60. The molecule has 88 valence electrons. The van der Waals surface area contributed by atoms with Crippen LogP contribution in [-0.4, -0.2) is 24.2 Å². The molecule has 1 aliphatic heterocycles. The molecular weight excluding hydrogens is 226 g/mol. The Labute approximate surface area is 100 Å². The van der Waals surface area contributed by atoms with Gasteiger partial charge in [0.15, 0.2) is 0 Å². The lowest BCUT2D eigenvalue weighted by atomic mass is 10.1. The van der Waals surface area contributed by atoms with Gasteiger partial charge in [-0.3, -0.25) is 0 Å². The highest BCUT2D eigenvalue weighted by Gasteiger charge is 2.13. The molecule has 2 heterocycles. The zero-order valence-electron chi connectivity index (χ0n) is 9.08. The van der Waals surface area contributed by atoms with E-state index in [1.165, 1.54) is 12.8 Å². The third kappa shape index (κ3) is 3.25. The zero-order valence-corrected chi connectivity index (χ0v) is 9.83. The van der Waals surface area contributed by atoms with Crippen LogP contribution in [0.25, 0.3) is 0 Å². The van der Waals surface area contributed by atoms with Crippen molar-refractivity contribution in [2.24, 2.45) is 0 Å². The molecule has 0 amide bonds. The van der Waals surface area contributed by atoms with Crippen LogP contribution in [0.3, 0.4) is 0 Å². The predicted molar refractivity (Wildman–Crippen MR) is 65.7 cm³/mol. The van der Waals surface area contributed by atoms with Crippen molar-refractivity contribution in [3.63, 3.8) is 0 Å². The molecule has 0 aromatic carbocycles. The first-order valence-corrected chi connectivity index (χ1v) is 5.90. The molecule has 0 bridgehead atoms. The Morgan fingerprint density at radius 3 is 3.06 bits per heavy atom. The average Bonchev–Trinajstić information content (AvgIpc) is 2.27. The Morgan fingerprint density at radius 1 is 1.50 bits per heavy atom. The minimum atomic E-state index is 0.274. The van der Waals surface area contributed by atoms with Crippen LogP contribution in [0.4, 0.5) is 11.5 Å². The first-order chi connectivity index (χ1) is 7.74. The minimum Gasteiger partial charge on any atom is -0.399 e. The molecule has 1 unspecified atom stereocenters. The van der Waals surface area contributed by atoms with Crippen molar-refractivity contribution in [3.8, 4) is 0 Å². The van der Waals surface area contributed by atoms with Gasteiger partial charge in [0, 0.05) is 24.9 Å². The van der Waals surface area contributed by atoms with E-state index in [-0.39, 0.29) is 6.10 Å². The Balaban J connectivity index is 1.88. The van der Waals surface area contributed by atoms with Crippen molar-refractivity contribution < 1.29 is 4.74 Å². The number of ether oxygens (including phenoxy) is 1. The third-order valence-electron chi connectivity index (χ3n) is 2.60. The molecule has 0 aliphatic carbocycles. The molecule has 2 rings (SSSR count). The van der Waals surface area contributed by atoms with Gasteiger partial charge in [0.1, 0.15) is 11.0 Å². The van der Waals surface area contributed by atoms with Crippen LogP contribution in [0.5, 0.6) is 0 Å². The molecule has 3 N–H and O–H groups in total. The number of pyridine rings is 1. The normalized spacial score (nSPS) is 20.7. The minimum absolute atomic E-state index is 0.274. The average molecular weight is 242 g/mol. The quantitative estimate of drug-likeness (QED) is 0.798. The van der Waals surface area contributed by atoms with Gasteiger partial charge in [-0.2, -0.15) is 0 Å². The third-order valence-corrected chi connectivity index (χ3v) is 2.79. The summed E-state index contributed by atoms with van der Waals surface area (Å²) >= 11 is 5.81. The molecule has 0 spiro atoms. The summed E-state index contributed by atoms with van der Waals surface area (Å²) in [5.41, 5.74) is 6.29. The van der Waals surface area contributed by atoms with E-state index in [0.29, 0.717) is 16.7 Å². The summed E-state index contributed by atoms with van der Waals surface area (Å²) in [6, 6.07) is 3.40. The van der Waals surface area contributed by atoms with Gasteiger partial charge >= 0.3 is 0 Å². The second kappa shape index (κ2) is 5.37. The summed E-state index contributed by atoms with van der Waals surface area (Å²) in [6.45, 7) is 1.62. The molecule has 1 aromatic heterocycles. The van der Waals surface area contributed by atoms with Crippen LogP contribution in [-0.2, 0) is 4.74 Å². The molecule has 1 saturated heterocycles. The molecule has 5 heteroatoms. The fourth-order valence-electron chi connectivity index (χ4n) is 1.79. The number of aromatic nitrogens is 1. The van der Waals surface area contributed by atoms with Gasteiger partial charge in [0.05, 0.1) is 6.10 Å². The molecule has 16 heavy (non-hydrogen) atoms. The number of rotatable bonds is 3. The summed E-state index contributed by atoms with van der Waals surface area (Å²) < 4.78 is 5.61. The smallest absolute Gasteiger partial charge is 0.133 e. The highest BCUT2D eigenvalue weighted by Crippen LogP contribution is 2.17. The highest BCUT2D eigenvalue weighted by molar-refractivity contribution is 6.29. The SMILES string of the molecule is Nc1cc(Cl)nc(NCC2CCCCO2)c1. The van der Waals surface area contributed by atoms with Gasteiger partial charge in [0.2, 0.25) is 0 Å². The van der Waals surface area contributed by atoms with Gasteiger partial charge in [-0.15, -0.1) is 0 Å². The molecule has 4 nitrogen and oxygen atoms in total. The van der Waals surface area contributed by atoms with E-state index < -0.39 is 0 Å². The second-order valence-corrected chi connectivity index (χ2v) is 4.37. The van der Waals surface area contributed by atoms with Gasteiger partial charge in [-0.25, -0.2) is 4.98 Å². The molecule has 1 fully saturated rings. The number of nitrogens with one attached hydrogen (secondary N) is 1. The molecular formula is C11H16ClN3O. The first-order valence-electron chi connectivity index (χ1n) is 5.52. The molecule has 1 atom stereocenters. The Morgan fingerprint density at radius 2 is 2.38 bits per heavy atom. The summed E-state index contributed by atoms with van der Waals surface area (Å²) in [5.74, 6) is 0.708. The van der Waals surface area contributed by atoms with Gasteiger partial charge in [0.25, 0.3) is 0 Å². The van der Waals surface area contributed by atoms with Gasteiger partial charge in [-0.05, 0) is 25.3 Å². The van der Waals surface area contributed by atoms with Crippen LogP contribution in [0.15, 0.2) is 12.1 Å². The number of hydrogen-bond donors (Lipinski definition) is 2. The monoisotopic (exact) mass is 241 g/mol. The standard InChI is InChI=1S/C11H16ClN3O/c12-10-5-8(13)6-11(15-10)14-7-9-3-1-2-4-16-9/h5-6,9H,1-4,7H2,(H3,13,14,15). The summed E-state index contributed by atoms with van der Waals surface area (Å²) in [7, 11) is 0. The number of anilines is 2. The van der Waals surface area contributed by atoms with E-state index in [2.05, 4.69) is 10.3 Å². The number of halogens is 1. The Bertz CT molecular complexity index is 333. The van der Waals surface area contributed by atoms with Crippen LogP contribution >= 0.6 is 11.6 Å². The maximum Gasteiger partial charge on any atom is 0.133 e. The maximum absolute atomic E-state index is 5.81. The number of nitrogens with two attached hydrogens (primary N) is 1. The van der Waals surface area contributed by atoms with E-state index >= 15 is 0 Å². The lowest BCUT2D eigenvalue weighted by Gasteiger charge is -2.23. The van der Waals surface area contributed by atoms with Crippen LogP contribution < -0.4 is 11.1 Å². The van der Waals surface area contributed by atoms with E-state index in [0.717, 1.165) is 19.6 Å². The molecule has 1 aliphatic rings. The number of hydrogen-bond acceptors (Lipinski definition) is 4. The fourth-order valence-corrected chi connectivity index (χ4v) is 2.01. The van der Waals surface area contributed by atoms with Crippen LogP contribution in [0.1, 0.15) is 19.3 Å². The fraction of sp³-hybridized carbons (Fsp3) is 0.545. The summed E-state index contributed by atoms with van der Waals surface area (Å²) in [4.78, 5) is 4.14. The molecule has 0 saturated carbocycles. The summed E-state index contributed by atoms with van der Waals surface area (Å²) in [6.07, 6.45) is 3.77. The zero-order chi connectivity index (χ0) is 11.4. The first kappa shape index (κ1) is 11.5. The van der Waals surface area contributed by atoms with Gasteiger partial charge < -0.3 is 15.8 Å². The highest BCUT2D eigenvalue weighted by atomic mass is 35.5. The van der Waals surface area contributed by atoms with Crippen molar-refractivity contribution in [1.29, 1.82) is 0 Å². The van der Waals surface area contributed by atoms with Crippen LogP contribution in [0.2, 0.25) is 5.15 Å². The topological polar surface area (TPSA) is 60.2 Å². The van der Waals surface area contributed by atoms with Crippen molar-refractivity contribution in [2.75, 3.05) is 24.2 Å². The Kier molecular flexibility index (Phi) is 3.85. The van der Waals surface area contributed by atoms with Crippen molar-refractivity contribution in [1.82, 2.24) is 4.98 Å². The van der Waals surface area contributed by atoms with E-state index in [1.54, 1.807) is 12.1 Å². The molecule has 1 aromatic rings. The lowest BCUT2D eigenvalue weighted by Crippen LogP contribution is -2.27. The predicted octanol–water partition coefficient (Wildman–Crippen LogP) is 2.30. The largest absolute Gasteiger partial charge is 0.399 e.